The Balaban J connectivity index is 2.23. The van der Waals surface area contributed by atoms with Gasteiger partial charge in [0.05, 0.1) is 6.54 Å². The molecule has 1 aromatic rings. The van der Waals surface area contributed by atoms with Crippen molar-refractivity contribution in [1.82, 2.24) is 4.98 Å². The summed E-state index contributed by atoms with van der Waals surface area (Å²) in [6.07, 6.45) is 1.34. The predicted octanol–water partition coefficient (Wildman–Crippen LogP) is 1.06. The van der Waals surface area contributed by atoms with Gasteiger partial charge in [-0.3, -0.25) is 4.90 Å². The van der Waals surface area contributed by atoms with Crippen LogP contribution in [0.15, 0.2) is 18.3 Å². The largest absolute Gasteiger partial charge is 0.440 e. The third-order valence-electron chi connectivity index (χ3n) is 2.65. The van der Waals surface area contributed by atoms with E-state index in [1.807, 2.05) is 19.9 Å². The van der Waals surface area contributed by atoms with Crippen molar-refractivity contribution in [2.75, 3.05) is 18.0 Å². The average molecular weight is 221 g/mol. The van der Waals surface area contributed by atoms with Crippen molar-refractivity contribution in [2.24, 2.45) is 5.73 Å². The molecule has 1 aromatic heterocycles. The molecule has 16 heavy (non-hydrogen) atoms. The first-order chi connectivity index (χ1) is 7.54. The van der Waals surface area contributed by atoms with E-state index in [1.165, 1.54) is 4.90 Å². The predicted molar refractivity (Wildman–Crippen MR) is 60.3 cm³/mol. The number of nitrogens with two attached hydrogens (primary N) is 1. The number of pyridine rings is 1. The Kier molecular flexibility index (Phi) is 2.55. The summed E-state index contributed by atoms with van der Waals surface area (Å²) in [4.78, 5) is 17.3. The van der Waals surface area contributed by atoms with Crippen LogP contribution in [0.2, 0.25) is 0 Å². The third-order valence-corrected chi connectivity index (χ3v) is 2.65. The van der Waals surface area contributed by atoms with E-state index in [-0.39, 0.29) is 6.09 Å². The van der Waals surface area contributed by atoms with Crippen molar-refractivity contribution in [2.45, 2.75) is 19.4 Å². The van der Waals surface area contributed by atoms with E-state index < -0.39 is 5.60 Å². The standard InChI is InChI=1S/C11H15N3O2/c1-8-3-4-9(13-5-8)14-7-11(2,6-12)16-10(14)15/h3-5H,6-7,12H2,1-2H3. The zero-order chi connectivity index (χ0) is 11.8. The molecular weight excluding hydrogens is 206 g/mol. The SMILES string of the molecule is Cc1ccc(N2CC(C)(CN)OC2=O)nc1. The highest BCUT2D eigenvalue weighted by atomic mass is 16.6. The summed E-state index contributed by atoms with van der Waals surface area (Å²) in [6.45, 7) is 4.52. The van der Waals surface area contributed by atoms with Crippen LogP contribution >= 0.6 is 0 Å². The number of aromatic nitrogens is 1. The Morgan fingerprint density at radius 3 is 2.88 bits per heavy atom. The van der Waals surface area contributed by atoms with E-state index in [1.54, 1.807) is 12.3 Å². The molecule has 5 nitrogen and oxygen atoms in total. The van der Waals surface area contributed by atoms with E-state index in [0.717, 1.165) is 5.56 Å². The van der Waals surface area contributed by atoms with Gasteiger partial charge in [-0.05, 0) is 25.5 Å². The molecule has 0 aromatic carbocycles. The van der Waals surface area contributed by atoms with Crippen LogP contribution in [0.1, 0.15) is 12.5 Å². The van der Waals surface area contributed by atoms with Crippen LogP contribution in [-0.4, -0.2) is 29.8 Å². The molecule has 0 saturated carbocycles. The lowest BCUT2D eigenvalue weighted by atomic mass is 10.1. The zero-order valence-electron chi connectivity index (χ0n) is 9.43. The number of ether oxygens (including phenoxy) is 1. The highest BCUT2D eigenvalue weighted by molar-refractivity contribution is 5.89. The van der Waals surface area contributed by atoms with Crippen molar-refractivity contribution in [3.8, 4) is 0 Å². The van der Waals surface area contributed by atoms with Crippen LogP contribution in [0, 0.1) is 6.92 Å². The van der Waals surface area contributed by atoms with Gasteiger partial charge in [-0.1, -0.05) is 6.07 Å². The molecule has 86 valence electrons. The molecule has 1 atom stereocenters. The quantitative estimate of drug-likeness (QED) is 0.810. The number of cyclic esters (lactones) is 1. The summed E-state index contributed by atoms with van der Waals surface area (Å²) in [5.41, 5.74) is 6.02. The maximum Gasteiger partial charge on any atom is 0.416 e. The van der Waals surface area contributed by atoms with Crippen molar-refractivity contribution in [1.29, 1.82) is 0 Å². The van der Waals surface area contributed by atoms with Crippen molar-refractivity contribution in [3.05, 3.63) is 23.9 Å². The Morgan fingerprint density at radius 1 is 1.62 bits per heavy atom. The molecule has 2 rings (SSSR count). The molecule has 1 aliphatic heterocycles. The summed E-state index contributed by atoms with van der Waals surface area (Å²) in [6, 6.07) is 3.71. The van der Waals surface area contributed by atoms with Gasteiger partial charge in [0, 0.05) is 12.7 Å². The molecule has 0 bridgehead atoms. The molecule has 0 aliphatic carbocycles. The first-order valence-electron chi connectivity index (χ1n) is 5.17. The molecule has 1 unspecified atom stereocenters. The minimum absolute atomic E-state index is 0.307. The molecule has 0 radical (unpaired) electrons. The number of carbonyl (C=O) groups excluding carboxylic acids is 1. The van der Waals surface area contributed by atoms with Crippen LogP contribution in [0.5, 0.6) is 0 Å². The van der Waals surface area contributed by atoms with E-state index in [4.69, 9.17) is 10.5 Å². The van der Waals surface area contributed by atoms with Crippen molar-refractivity contribution >= 4 is 11.9 Å². The lowest BCUT2D eigenvalue weighted by Gasteiger charge is -2.18. The lowest BCUT2D eigenvalue weighted by Crippen LogP contribution is -2.38. The summed E-state index contributed by atoms with van der Waals surface area (Å²) in [5.74, 6) is 0.604. The smallest absolute Gasteiger partial charge is 0.416 e. The van der Waals surface area contributed by atoms with Crippen molar-refractivity contribution in [3.63, 3.8) is 0 Å². The van der Waals surface area contributed by atoms with Crippen LogP contribution in [0.25, 0.3) is 0 Å². The molecule has 2 N–H and O–H groups in total. The first-order valence-corrected chi connectivity index (χ1v) is 5.17. The molecule has 1 saturated heterocycles. The molecule has 0 spiro atoms. The second-order valence-corrected chi connectivity index (χ2v) is 4.30. The molecular formula is C11H15N3O2. The molecule has 1 fully saturated rings. The summed E-state index contributed by atoms with van der Waals surface area (Å²) >= 11 is 0. The maximum absolute atomic E-state index is 11.6. The fourth-order valence-electron chi connectivity index (χ4n) is 1.60. The topological polar surface area (TPSA) is 68.4 Å². The van der Waals surface area contributed by atoms with Gasteiger partial charge in [-0.2, -0.15) is 0 Å². The minimum Gasteiger partial charge on any atom is -0.440 e. The second kappa shape index (κ2) is 3.75. The van der Waals surface area contributed by atoms with Gasteiger partial charge < -0.3 is 10.5 Å². The van der Waals surface area contributed by atoms with E-state index >= 15 is 0 Å². The Bertz CT molecular complexity index is 404. The third kappa shape index (κ3) is 1.86. The summed E-state index contributed by atoms with van der Waals surface area (Å²) in [7, 11) is 0. The fourth-order valence-corrected chi connectivity index (χ4v) is 1.60. The number of aryl methyl sites for hydroxylation is 1. The summed E-state index contributed by atoms with van der Waals surface area (Å²) in [5, 5.41) is 0. The number of amides is 1. The van der Waals surface area contributed by atoms with E-state index in [9.17, 15) is 4.79 Å². The normalized spacial score (nSPS) is 24.7. The highest BCUT2D eigenvalue weighted by Crippen LogP contribution is 2.25. The summed E-state index contributed by atoms with van der Waals surface area (Å²) < 4.78 is 5.22. The van der Waals surface area contributed by atoms with Gasteiger partial charge in [0.25, 0.3) is 0 Å². The first kappa shape index (κ1) is 10.9. The average Bonchev–Trinajstić information content (AvgIpc) is 2.57. The van der Waals surface area contributed by atoms with Crippen LogP contribution in [-0.2, 0) is 4.74 Å². The number of carbonyl (C=O) groups is 1. The minimum atomic E-state index is -0.607. The van der Waals surface area contributed by atoms with Crippen LogP contribution in [0.4, 0.5) is 10.6 Å². The fraction of sp³-hybridized carbons (Fsp3) is 0.455. The maximum atomic E-state index is 11.6. The van der Waals surface area contributed by atoms with E-state index in [2.05, 4.69) is 4.98 Å². The number of nitrogens with zero attached hydrogens (tertiary/aromatic N) is 2. The van der Waals surface area contributed by atoms with Gasteiger partial charge in [-0.15, -0.1) is 0 Å². The van der Waals surface area contributed by atoms with Gasteiger partial charge in [0.15, 0.2) is 0 Å². The Hall–Kier alpha value is -1.62. The molecule has 5 heteroatoms. The Labute approximate surface area is 94.2 Å². The number of anilines is 1. The number of rotatable bonds is 2. The molecule has 1 aliphatic rings. The number of hydrogen-bond acceptors (Lipinski definition) is 4. The highest BCUT2D eigenvalue weighted by Gasteiger charge is 2.41. The molecule has 2 heterocycles. The van der Waals surface area contributed by atoms with E-state index in [0.29, 0.717) is 18.9 Å². The molecule has 1 amide bonds. The van der Waals surface area contributed by atoms with Crippen LogP contribution in [0.3, 0.4) is 0 Å². The second-order valence-electron chi connectivity index (χ2n) is 4.30. The van der Waals surface area contributed by atoms with Gasteiger partial charge >= 0.3 is 6.09 Å². The number of hydrogen-bond donors (Lipinski definition) is 1. The monoisotopic (exact) mass is 221 g/mol. The van der Waals surface area contributed by atoms with Gasteiger partial charge in [0.2, 0.25) is 0 Å². The van der Waals surface area contributed by atoms with Gasteiger partial charge in [0.1, 0.15) is 11.4 Å². The van der Waals surface area contributed by atoms with Crippen molar-refractivity contribution < 1.29 is 9.53 Å². The zero-order valence-corrected chi connectivity index (χ0v) is 9.43. The lowest BCUT2D eigenvalue weighted by molar-refractivity contribution is 0.0789. The van der Waals surface area contributed by atoms with Gasteiger partial charge in [-0.25, -0.2) is 9.78 Å². The Morgan fingerprint density at radius 2 is 2.38 bits per heavy atom. The van der Waals surface area contributed by atoms with Crippen LogP contribution < -0.4 is 10.6 Å².